The van der Waals surface area contributed by atoms with Crippen molar-refractivity contribution in [3.05, 3.63) is 53.6 Å². The summed E-state index contributed by atoms with van der Waals surface area (Å²) in [6, 6.07) is 9.25. The Morgan fingerprint density at radius 2 is 2.16 bits per heavy atom. The first-order valence-corrected chi connectivity index (χ1v) is 7.04. The quantitative estimate of drug-likeness (QED) is 0.861. The summed E-state index contributed by atoms with van der Waals surface area (Å²) < 4.78 is 2.20. The molecule has 1 unspecified atom stereocenters. The molecule has 2 rings (SSSR count). The number of aryl methyl sites for hydroxylation is 1. The van der Waals surface area contributed by atoms with Gasteiger partial charge >= 0.3 is 0 Å². The van der Waals surface area contributed by atoms with Crippen LogP contribution in [0.3, 0.4) is 0 Å². The predicted octanol–water partition coefficient (Wildman–Crippen LogP) is 3.16. The first-order valence-electron chi connectivity index (χ1n) is 7.04. The van der Waals surface area contributed by atoms with Crippen molar-refractivity contribution in [3.63, 3.8) is 0 Å². The highest BCUT2D eigenvalue weighted by Crippen LogP contribution is 2.18. The van der Waals surface area contributed by atoms with E-state index in [0.29, 0.717) is 6.04 Å². The number of hydrogen-bond donors (Lipinski definition) is 1. The largest absolute Gasteiger partial charge is 0.335 e. The third kappa shape index (κ3) is 3.24. The fraction of sp³-hybridized carbons (Fsp3) is 0.438. The van der Waals surface area contributed by atoms with E-state index in [-0.39, 0.29) is 0 Å². The van der Waals surface area contributed by atoms with Gasteiger partial charge < -0.3 is 9.88 Å². The molecule has 2 aromatic rings. The molecule has 0 saturated carbocycles. The number of rotatable bonds is 6. The van der Waals surface area contributed by atoms with E-state index in [2.05, 4.69) is 53.0 Å². The monoisotopic (exact) mass is 257 g/mol. The van der Waals surface area contributed by atoms with Gasteiger partial charge in [-0.2, -0.15) is 0 Å². The maximum atomic E-state index is 4.44. The summed E-state index contributed by atoms with van der Waals surface area (Å²) in [5.41, 5.74) is 2.68. The maximum Gasteiger partial charge on any atom is 0.113 e. The molecule has 0 spiro atoms. The minimum atomic E-state index is 0.436. The molecule has 0 aliphatic rings. The molecule has 0 aliphatic heterocycles. The second kappa shape index (κ2) is 6.53. The van der Waals surface area contributed by atoms with Crippen LogP contribution in [0.5, 0.6) is 0 Å². The van der Waals surface area contributed by atoms with Gasteiger partial charge in [0, 0.05) is 31.4 Å². The van der Waals surface area contributed by atoms with E-state index in [1.807, 2.05) is 19.4 Å². The van der Waals surface area contributed by atoms with E-state index in [1.54, 1.807) is 0 Å². The Labute approximate surface area is 115 Å². The summed E-state index contributed by atoms with van der Waals surface area (Å²) >= 11 is 0. The molecule has 0 bridgehead atoms. The molecular formula is C16H23N3. The number of aromatic nitrogens is 2. The number of nitrogens with zero attached hydrogens (tertiary/aromatic N) is 2. The van der Waals surface area contributed by atoms with Crippen molar-refractivity contribution in [3.8, 4) is 0 Å². The van der Waals surface area contributed by atoms with Crippen molar-refractivity contribution in [2.75, 3.05) is 7.05 Å². The van der Waals surface area contributed by atoms with Gasteiger partial charge in [0.2, 0.25) is 0 Å². The molecule has 0 aliphatic carbocycles. The Balaban J connectivity index is 2.19. The third-order valence-corrected chi connectivity index (χ3v) is 3.61. The molecule has 0 fully saturated rings. The maximum absolute atomic E-state index is 4.44. The lowest BCUT2D eigenvalue weighted by molar-refractivity contribution is 0.576. The SMILES string of the molecule is CCC(NC)c1cccc(Cc2nccn2CC)c1. The van der Waals surface area contributed by atoms with Crippen molar-refractivity contribution in [2.45, 2.75) is 39.3 Å². The van der Waals surface area contributed by atoms with Crippen LogP contribution in [-0.4, -0.2) is 16.6 Å². The molecule has 0 amide bonds. The zero-order chi connectivity index (χ0) is 13.7. The molecule has 1 N–H and O–H groups in total. The van der Waals surface area contributed by atoms with Gasteiger partial charge in [0.1, 0.15) is 5.82 Å². The first kappa shape index (κ1) is 13.8. The van der Waals surface area contributed by atoms with E-state index in [9.17, 15) is 0 Å². The van der Waals surface area contributed by atoms with Gasteiger partial charge in [-0.05, 0) is 31.5 Å². The average Bonchev–Trinajstić information content (AvgIpc) is 2.88. The number of benzene rings is 1. The highest BCUT2D eigenvalue weighted by molar-refractivity contribution is 5.28. The van der Waals surface area contributed by atoms with Gasteiger partial charge in [-0.3, -0.25) is 0 Å². The van der Waals surface area contributed by atoms with Gasteiger partial charge in [0.05, 0.1) is 0 Å². The summed E-state index contributed by atoms with van der Waals surface area (Å²) in [6.45, 7) is 5.33. The Morgan fingerprint density at radius 1 is 1.32 bits per heavy atom. The van der Waals surface area contributed by atoms with Gasteiger partial charge in [-0.25, -0.2) is 4.98 Å². The van der Waals surface area contributed by atoms with E-state index in [0.717, 1.165) is 25.2 Å². The third-order valence-electron chi connectivity index (χ3n) is 3.61. The summed E-state index contributed by atoms with van der Waals surface area (Å²) in [4.78, 5) is 4.44. The lowest BCUT2D eigenvalue weighted by atomic mass is 10.0. The molecule has 1 aromatic carbocycles. The topological polar surface area (TPSA) is 29.9 Å². The van der Waals surface area contributed by atoms with Crippen molar-refractivity contribution in [1.29, 1.82) is 0 Å². The molecule has 102 valence electrons. The molecule has 1 atom stereocenters. The highest BCUT2D eigenvalue weighted by Gasteiger charge is 2.08. The average molecular weight is 257 g/mol. The van der Waals surface area contributed by atoms with Gasteiger partial charge in [0.15, 0.2) is 0 Å². The number of nitrogens with one attached hydrogen (secondary N) is 1. The van der Waals surface area contributed by atoms with Gasteiger partial charge in [-0.15, -0.1) is 0 Å². The zero-order valence-electron chi connectivity index (χ0n) is 12.1. The first-order chi connectivity index (χ1) is 9.28. The van der Waals surface area contributed by atoms with Gasteiger partial charge in [0.25, 0.3) is 0 Å². The smallest absolute Gasteiger partial charge is 0.113 e. The minimum Gasteiger partial charge on any atom is -0.335 e. The minimum absolute atomic E-state index is 0.436. The van der Waals surface area contributed by atoms with Crippen LogP contribution < -0.4 is 5.32 Å². The van der Waals surface area contributed by atoms with Crippen LogP contribution in [0.25, 0.3) is 0 Å². The lowest BCUT2D eigenvalue weighted by Crippen LogP contribution is -2.15. The summed E-state index contributed by atoms with van der Waals surface area (Å²) in [5.74, 6) is 1.14. The summed E-state index contributed by atoms with van der Waals surface area (Å²) in [5, 5.41) is 3.36. The fourth-order valence-electron chi connectivity index (χ4n) is 2.50. The van der Waals surface area contributed by atoms with Crippen LogP contribution in [0.15, 0.2) is 36.7 Å². The van der Waals surface area contributed by atoms with E-state index >= 15 is 0 Å². The Bertz CT molecular complexity index is 512. The van der Waals surface area contributed by atoms with E-state index < -0.39 is 0 Å². The Kier molecular flexibility index (Phi) is 4.74. The van der Waals surface area contributed by atoms with Crippen molar-refractivity contribution in [2.24, 2.45) is 0 Å². The fourth-order valence-corrected chi connectivity index (χ4v) is 2.50. The standard InChI is InChI=1S/C16H23N3/c1-4-15(17-3)14-8-6-7-13(11-14)12-16-18-9-10-19(16)5-2/h6-11,15,17H,4-5,12H2,1-3H3. The molecule has 1 aromatic heterocycles. The van der Waals surface area contributed by atoms with Gasteiger partial charge in [-0.1, -0.05) is 31.2 Å². The van der Waals surface area contributed by atoms with Crippen molar-refractivity contribution < 1.29 is 0 Å². The molecule has 0 radical (unpaired) electrons. The second-order valence-electron chi connectivity index (χ2n) is 4.80. The highest BCUT2D eigenvalue weighted by atomic mass is 15.0. The van der Waals surface area contributed by atoms with E-state index in [1.165, 1.54) is 11.1 Å². The second-order valence-corrected chi connectivity index (χ2v) is 4.80. The molecule has 3 heteroatoms. The van der Waals surface area contributed by atoms with Crippen LogP contribution in [0.1, 0.15) is 43.3 Å². The van der Waals surface area contributed by atoms with Crippen LogP contribution in [-0.2, 0) is 13.0 Å². The molecule has 19 heavy (non-hydrogen) atoms. The Morgan fingerprint density at radius 3 is 2.84 bits per heavy atom. The van der Waals surface area contributed by atoms with Crippen LogP contribution in [0.4, 0.5) is 0 Å². The van der Waals surface area contributed by atoms with Crippen LogP contribution in [0, 0.1) is 0 Å². The van der Waals surface area contributed by atoms with Crippen LogP contribution >= 0.6 is 0 Å². The lowest BCUT2D eigenvalue weighted by Gasteiger charge is -2.15. The van der Waals surface area contributed by atoms with Crippen molar-refractivity contribution in [1.82, 2.24) is 14.9 Å². The normalized spacial score (nSPS) is 12.6. The summed E-state index contributed by atoms with van der Waals surface area (Å²) in [6.07, 6.45) is 5.92. The molecular weight excluding hydrogens is 234 g/mol. The number of hydrogen-bond acceptors (Lipinski definition) is 2. The van der Waals surface area contributed by atoms with E-state index in [4.69, 9.17) is 0 Å². The molecule has 0 saturated heterocycles. The Hall–Kier alpha value is -1.61. The van der Waals surface area contributed by atoms with Crippen molar-refractivity contribution >= 4 is 0 Å². The summed E-state index contributed by atoms with van der Waals surface area (Å²) in [7, 11) is 2.02. The predicted molar refractivity (Wildman–Crippen MR) is 79.2 cm³/mol. The molecule has 1 heterocycles. The number of imidazole rings is 1. The van der Waals surface area contributed by atoms with Crippen LogP contribution in [0.2, 0.25) is 0 Å². The zero-order valence-corrected chi connectivity index (χ0v) is 12.1. The molecule has 3 nitrogen and oxygen atoms in total.